The fourth-order valence-electron chi connectivity index (χ4n) is 6.89. The number of unbranched alkanes of at least 4 members (excludes halogenated alkanes) is 14. The highest BCUT2D eigenvalue weighted by Crippen LogP contribution is 2.44. The predicted molar refractivity (Wildman–Crippen MR) is 236 cm³/mol. The fourth-order valence-corrected chi connectivity index (χ4v) is 8.05. The summed E-state index contributed by atoms with van der Waals surface area (Å²) in [5.41, 5.74) is 0. The number of rotatable bonds is 39. The van der Waals surface area contributed by atoms with Crippen LogP contribution >= 0.6 is 15.6 Å². The van der Waals surface area contributed by atoms with Crippen LogP contribution in [0.25, 0.3) is 0 Å². The Bertz CT molecular complexity index is 1400. The molecule has 0 heterocycles. The van der Waals surface area contributed by atoms with E-state index in [4.69, 9.17) is 23.8 Å². The first-order chi connectivity index (χ1) is 29.6. The minimum atomic E-state index is -4.90. The minimum absolute atomic E-state index is 0.0130. The van der Waals surface area contributed by atoms with E-state index in [1.165, 1.54) is 25.7 Å². The number of hydrogen-bond donors (Lipinski definition) is 6. The highest BCUT2D eigenvalue weighted by Gasteiger charge is 2.39. The van der Waals surface area contributed by atoms with E-state index >= 15 is 0 Å². The Morgan fingerprint density at radius 2 is 1.26 bits per heavy atom. The van der Waals surface area contributed by atoms with Gasteiger partial charge in [-0.05, 0) is 57.3 Å². The molecule has 62 heavy (non-hydrogen) atoms. The molecule has 16 nitrogen and oxygen atoms in total. The molecule has 1 saturated carbocycles. The number of aliphatic hydroxyl groups is 3. The SMILES string of the molecule is CCCCCC/C=C\C=C/CCCCCCCC(=O)OC[C@H](COP(=O)(O)OC[C@@H](O)COP(=O)(O)O)OC(=O)CCCCCC[C@H]1[C@@H](O)CC(=O)[C@@H]1/C=C/[C@@H](O)CCCCC. The number of ether oxygens (including phenoxy) is 2. The van der Waals surface area contributed by atoms with Gasteiger partial charge < -0.3 is 39.5 Å². The average molecular weight is 925 g/mol. The molecular formula is C44H78O16P2. The number of phosphoric ester groups is 2. The van der Waals surface area contributed by atoms with Gasteiger partial charge in [-0.2, -0.15) is 0 Å². The smallest absolute Gasteiger partial charge is 0.462 e. The maximum Gasteiger partial charge on any atom is 0.472 e. The Labute approximate surface area is 369 Å². The topological polar surface area (TPSA) is 253 Å². The van der Waals surface area contributed by atoms with Crippen LogP contribution in [0.3, 0.4) is 0 Å². The van der Waals surface area contributed by atoms with Crippen LogP contribution in [-0.2, 0) is 46.6 Å². The van der Waals surface area contributed by atoms with Crippen LogP contribution in [0.5, 0.6) is 0 Å². The molecule has 18 heteroatoms. The number of hydrogen-bond acceptors (Lipinski definition) is 13. The van der Waals surface area contributed by atoms with Gasteiger partial charge in [-0.15, -0.1) is 0 Å². The molecule has 6 N–H and O–H groups in total. The van der Waals surface area contributed by atoms with Crippen molar-refractivity contribution >= 4 is 33.4 Å². The number of allylic oxidation sites excluding steroid dienone is 5. The first kappa shape index (κ1) is 57.9. The summed E-state index contributed by atoms with van der Waals surface area (Å²) in [5, 5.41) is 30.6. The van der Waals surface area contributed by atoms with E-state index in [-0.39, 0.29) is 31.0 Å². The zero-order chi connectivity index (χ0) is 46.1. The van der Waals surface area contributed by atoms with Crippen molar-refractivity contribution in [2.24, 2.45) is 11.8 Å². The van der Waals surface area contributed by atoms with Gasteiger partial charge >= 0.3 is 27.6 Å². The number of Topliss-reactive ketones (excluding diaryl/α,β-unsaturated/α-hetero) is 1. The Balaban J connectivity index is 2.55. The van der Waals surface area contributed by atoms with Crippen molar-refractivity contribution in [3.63, 3.8) is 0 Å². The monoisotopic (exact) mass is 924 g/mol. The van der Waals surface area contributed by atoms with Crippen molar-refractivity contribution in [3.8, 4) is 0 Å². The molecular weight excluding hydrogens is 846 g/mol. The molecule has 1 rings (SSSR count). The van der Waals surface area contributed by atoms with Gasteiger partial charge in [-0.1, -0.05) is 127 Å². The maximum atomic E-state index is 12.8. The van der Waals surface area contributed by atoms with Gasteiger partial charge in [0.05, 0.1) is 32.0 Å². The number of phosphoric acid groups is 2. The molecule has 0 bridgehead atoms. The van der Waals surface area contributed by atoms with Crippen molar-refractivity contribution in [3.05, 3.63) is 36.5 Å². The summed E-state index contributed by atoms with van der Waals surface area (Å²) in [6.45, 7) is 1.35. The molecule has 7 atom stereocenters. The molecule has 1 aliphatic carbocycles. The van der Waals surface area contributed by atoms with Crippen LogP contribution in [0, 0.1) is 11.8 Å². The van der Waals surface area contributed by atoms with Crippen LogP contribution < -0.4 is 0 Å². The lowest BCUT2D eigenvalue weighted by Gasteiger charge is -2.20. The summed E-state index contributed by atoms with van der Waals surface area (Å²) >= 11 is 0. The van der Waals surface area contributed by atoms with Gasteiger partial charge in [0.1, 0.15) is 18.5 Å². The first-order valence-corrected chi connectivity index (χ1v) is 25.8. The van der Waals surface area contributed by atoms with Crippen molar-refractivity contribution in [2.45, 2.75) is 186 Å². The molecule has 0 radical (unpaired) electrons. The molecule has 0 amide bonds. The second-order valence-electron chi connectivity index (χ2n) is 16.1. The second kappa shape index (κ2) is 35.2. The number of carbonyl (C=O) groups excluding carboxylic acids is 3. The molecule has 1 aliphatic rings. The zero-order valence-electron chi connectivity index (χ0n) is 37.2. The first-order valence-electron chi connectivity index (χ1n) is 22.8. The summed E-state index contributed by atoms with van der Waals surface area (Å²) in [6, 6.07) is 0. The zero-order valence-corrected chi connectivity index (χ0v) is 39.0. The van der Waals surface area contributed by atoms with Gasteiger partial charge in [0, 0.05) is 25.2 Å². The van der Waals surface area contributed by atoms with Gasteiger partial charge in [-0.25, -0.2) is 9.13 Å². The predicted octanol–water partition coefficient (Wildman–Crippen LogP) is 8.26. The van der Waals surface area contributed by atoms with Crippen LogP contribution in [0.4, 0.5) is 0 Å². The van der Waals surface area contributed by atoms with Crippen molar-refractivity contribution in [1.82, 2.24) is 0 Å². The van der Waals surface area contributed by atoms with Crippen LogP contribution in [0.15, 0.2) is 36.5 Å². The molecule has 0 aromatic rings. The Hall–Kier alpha value is -2.07. The maximum absolute atomic E-state index is 12.8. The van der Waals surface area contributed by atoms with Crippen molar-refractivity contribution in [1.29, 1.82) is 0 Å². The van der Waals surface area contributed by atoms with E-state index in [1.54, 1.807) is 12.2 Å². The Morgan fingerprint density at radius 1 is 0.710 bits per heavy atom. The summed E-state index contributed by atoms with van der Waals surface area (Å²) in [4.78, 5) is 65.5. The third-order valence-corrected chi connectivity index (χ3v) is 11.9. The number of carbonyl (C=O) groups is 3. The highest BCUT2D eigenvalue weighted by atomic mass is 31.2. The minimum Gasteiger partial charge on any atom is -0.462 e. The van der Waals surface area contributed by atoms with Crippen molar-refractivity contribution in [2.75, 3.05) is 26.4 Å². The summed E-state index contributed by atoms with van der Waals surface area (Å²) in [6.07, 6.45) is 26.1. The van der Waals surface area contributed by atoms with E-state index in [0.29, 0.717) is 38.5 Å². The summed E-state index contributed by atoms with van der Waals surface area (Å²) < 4.78 is 47.8. The third-order valence-electron chi connectivity index (χ3n) is 10.4. The van der Waals surface area contributed by atoms with Gasteiger partial charge in [0.2, 0.25) is 0 Å². The number of aliphatic hydroxyl groups excluding tert-OH is 3. The van der Waals surface area contributed by atoms with Crippen LogP contribution in [0.1, 0.15) is 162 Å². The largest absolute Gasteiger partial charge is 0.472 e. The number of esters is 2. The Kier molecular flexibility index (Phi) is 32.9. The van der Waals surface area contributed by atoms with Gasteiger partial charge in [-0.3, -0.25) is 28.0 Å². The Morgan fingerprint density at radius 3 is 1.90 bits per heavy atom. The molecule has 1 fully saturated rings. The highest BCUT2D eigenvalue weighted by molar-refractivity contribution is 7.47. The van der Waals surface area contributed by atoms with E-state index < -0.39 is 84.3 Å². The molecule has 0 aromatic carbocycles. The van der Waals surface area contributed by atoms with Crippen LogP contribution in [-0.4, -0.2) is 98.6 Å². The quantitative estimate of drug-likeness (QED) is 0.0112. The molecule has 0 aliphatic heterocycles. The fraction of sp³-hybridized carbons (Fsp3) is 0.795. The molecule has 0 saturated heterocycles. The average Bonchev–Trinajstić information content (AvgIpc) is 3.49. The second-order valence-corrected chi connectivity index (χ2v) is 18.8. The van der Waals surface area contributed by atoms with E-state index in [1.807, 2.05) is 0 Å². The summed E-state index contributed by atoms with van der Waals surface area (Å²) in [7, 11) is -9.78. The molecule has 0 spiro atoms. The third kappa shape index (κ3) is 31.7. The normalized spacial score (nSPS) is 19.7. The molecule has 0 aromatic heterocycles. The standard InChI is InChI=1S/C44H78O16P2/c1-3-5-7-8-9-10-11-12-13-14-15-16-17-18-23-27-43(49)56-34-38(35-59-62(54,55)58-33-37(46)32-57-61(51,52)53)60-44(50)28-24-20-19-22-26-39-40(42(48)31-41(39)47)30-29-36(45)25-21-6-4-2/h10-13,29-30,36-41,45-47H,3-9,14-28,31-35H2,1-2H3,(H,54,55)(H2,51,52,53)/b11-10-,13-12-,30-29+/t36-,37-,38+,39+,40+,41-/m0/s1. The van der Waals surface area contributed by atoms with Gasteiger partial charge in [0.15, 0.2) is 6.10 Å². The molecule has 1 unspecified atom stereocenters. The molecule has 360 valence electrons. The summed E-state index contributed by atoms with van der Waals surface area (Å²) in [5.74, 6) is -1.93. The van der Waals surface area contributed by atoms with E-state index in [9.17, 15) is 43.7 Å². The van der Waals surface area contributed by atoms with E-state index in [0.717, 1.165) is 64.2 Å². The van der Waals surface area contributed by atoms with Crippen LogP contribution in [0.2, 0.25) is 0 Å². The van der Waals surface area contributed by atoms with Gasteiger partial charge in [0.25, 0.3) is 0 Å². The lowest BCUT2D eigenvalue weighted by Crippen LogP contribution is -2.30. The van der Waals surface area contributed by atoms with Crippen molar-refractivity contribution < 1.29 is 76.6 Å². The van der Waals surface area contributed by atoms with E-state index in [2.05, 4.69) is 47.2 Å². The lowest BCUT2D eigenvalue weighted by molar-refractivity contribution is -0.161. The number of ketones is 1. The lowest BCUT2D eigenvalue weighted by atomic mass is 9.88.